The summed E-state index contributed by atoms with van der Waals surface area (Å²) in [5.74, 6) is 0.631. The highest BCUT2D eigenvalue weighted by Gasteiger charge is 2.16. The lowest BCUT2D eigenvalue weighted by molar-refractivity contribution is 0.0738. The highest BCUT2D eigenvalue weighted by Crippen LogP contribution is 2.19. The molecule has 0 bridgehead atoms. The smallest absolute Gasteiger partial charge is 0.368 e. The van der Waals surface area contributed by atoms with Gasteiger partial charge >= 0.3 is 5.30 Å². The largest absolute Gasteiger partial charge is 0.452 e. The first-order valence-electron chi connectivity index (χ1n) is 5.48. The van der Waals surface area contributed by atoms with Gasteiger partial charge in [-0.3, -0.25) is 0 Å². The number of carbonyl (C=O) groups is 1. The van der Waals surface area contributed by atoms with Crippen LogP contribution in [0, 0.1) is 0 Å². The summed E-state index contributed by atoms with van der Waals surface area (Å²) in [6.07, 6.45) is 1.80. The second kappa shape index (κ2) is 5.92. The summed E-state index contributed by atoms with van der Waals surface area (Å²) in [6, 6.07) is 7.96. The van der Waals surface area contributed by atoms with Crippen LogP contribution in [0.5, 0.6) is 0 Å². The lowest BCUT2D eigenvalue weighted by Gasteiger charge is -2.18. The summed E-state index contributed by atoms with van der Waals surface area (Å²) in [6.45, 7) is 9.29. The van der Waals surface area contributed by atoms with Crippen LogP contribution < -0.4 is 0 Å². The molecule has 2 nitrogen and oxygen atoms in total. The van der Waals surface area contributed by atoms with Gasteiger partial charge < -0.3 is 4.74 Å². The second-order valence-corrected chi connectivity index (χ2v) is 5.61. The fourth-order valence-electron chi connectivity index (χ4n) is 1.17. The maximum absolute atomic E-state index is 11.5. The molecule has 0 aromatic heterocycles. The van der Waals surface area contributed by atoms with Crippen LogP contribution in [0.1, 0.15) is 31.9 Å². The zero-order chi connectivity index (χ0) is 12.9. The normalized spacial score (nSPS) is 11.0. The molecule has 0 N–H and O–H groups in total. The minimum atomic E-state index is -0.420. The third-order valence-corrected chi connectivity index (χ3v) is 2.76. The molecule has 92 valence electrons. The highest BCUT2D eigenvalue weighted by atomic mass is 32.2. The molecule has 0 heterocycles. The number of carbonyl (C=O) groups excluding carboxylic acids is 1. The molecule has 0 aliphatic heterocycles. The summed E-state index contributed by atoms with van der Waals surface area (Å²) in [7, 11) is 0. The van der Waals surface area contributed by atoms with Crippen molar-refractivity contribution in [2.75, 3.05) is 0 Å². The molecular formula is C14H18O2S. The van der Waals surface area contributed by atoms with Crippen molar-refractivity contribution in [3.63, 3.8) is 0 Å². The van der Waals surface area contributed by atoms with Crippen molar-refractivity contribution < 1.29 is 9.53 Å². The zero-order valence-corrected chi connectivity index (χ0v) is 11.3. The van der Waals surface area contributed by atoms with Gasteiger partial charge in [-0.1, -0.05) is 36.9 Å². The van der Waals surface area contributed by atoms with Crippen molar-refractivity contribution >= 4 is 23.1 Å². The van der Waals surface area contributed by atoms with Crippen molar-refractivity contribution in [1.82, 2.24) is 0 Å². The summed E-state index contributed by atoms with van der Waals surface area (Å²) >= 11 is 1.18. The standard InChI is InChI=1S/C14H18O2S/c1-5-11-6-8-12(9-7-11)10-17-13(15)16-14(2,3)4/h5-9H,1,10H2,2-4H3. The Labute approximate surface area is 107 Å². The average molecular weight is 250 g/mol. The molecule has 1 aromatic carbocycles. The summed E-state index contributed by atoms with van der Waals surface area (Å²) in [5, 5.41) is -0.231. The minimum Gasteiger partial charge on any atom is -0.452 e. The number of rotatable bonds is 3. The van der Waals surface area contributed by atoms with Gasteiger partial charge in [-0.15, -0.1) is 0 Å². The van der Waals surface area contributed by atoms with Crippen LogP contribution in [-0.2, 0) is 10.5 Å². The molecule has 17 heavy (non-hydrogen) atoms. The molecule has 0 unspecified atom stereocenters. The third-order valence-electron chi connectivity index (χ3n) is 1.96. The first kappa shape index (κ1) is 13.8. The lowest BCUT2D eigenvalue weighted by Crippen LogP contribution is -2.21. The van der Waals surface area contributed by atoms with Crippen LogP contribution in [0.3, 0.4) is 0 Å². The van der Waals surface area contributed by atoms with Gasteiger partial charge in [0.1, 0.15) is 5.60 Å². The predicted molar refractivity (Wildman–Crippen MR) is 74.1 cm³/mol. The second-order valence-electron chi connectivity index (χ2n) is 4.70. The molecule has 1 rings (SSSR count). The van der Waals surface area contributed by atoms with Gasteiger partial charge in [0.2, 0.25) is 0 Å². The van der Waals surface area contributed by atoms with E-state index in [9.17, 15) is 4.79 Å². The zero-order valence-electron chi connectivity index (χ0n) is 10.5. The molecule has 0 atom stereocenters. The van der Waals surface area contributed by atoms with E-state index in [2.05, 4.69) is 6.58 Å². The van der Waals surface area contributed by atoms with Gasteiger partial charge in [-0.2, -0.15) is 0 Å². The Morgan fingerprint density at radius 1 is 1.35 bits per heavy atom. The molecule has 0 radical (unpaired) electrons. The summed E-state index contributed by atoms with van der Waals surface area (Å²) in [4.78, 5) is 11.5. The van der Waals surface area contributed by atoms with E-state index >= 15 is 0 Å². The monoisotopic (exact) mass is 250 g/mol. The summed E-state index contributed by atoms with van der Waals surface area (Å²) in [5.41, 5.74) is 1.76. The Kier molecular flexibility index (Phi) is 4.82. The summed E-state index contributed by atoms with van der Waals surface area (Å²) < 4.78 is 5.21. The van der Waals surface area contributed by atoms with Crippen LogP contribution in [0.15, 0.2) is 30.8 Å². The number of hydrogen-bond acceptors (Lipinski definition) is 3. The Morgan fingerprint density at radius 3 is 2.41 bits per heavy atom. The Balaban J connectivity index is 2.44. The SMILES string of the molecule is C=Cc1ccc(CSC(=O)OC(C)(C)C)cc1. The highest BCUT2D eigenvalue weighted by molar-refractivity contribution is 8.12. The maximum Gasteiger partial charge on any atom is 0.368 e. The van der Waals surface area contributed by atoms with Gasteiger partial charge in [0.15, 0.2) is 0 Å². The van der Waals surface area contributed by atoms with Gasteiger partial charge in [-0.25, -0.2) is 4.79 Å². The van der Waals surface area contributed by atoms with Gasteiger partial charge in [0.25, 0.3) is 0 Å². The molecule has 1 aromatic rings. The first-order chi connectivity index (χ1) is 7.90. The minimum absolute atomic E-state index is 0.231. The van der Waals surface area contributed by atoms with Crippen LogP contribution >= 0.6 is 11.8 Å². The fourth-order valence-corrected chi connectivity index (χ4v) is 1.96. The number of thioether (sulfide) groups is 1. The molecule has 0 aliphatic rings. The topological polar surface area (TPSA) is 26.3 Å². The van der Waals surface area contributed by atoms with Crippen molar-refractivity contribution in [1.29, 1.82) is 0 Å². The Hall–Kier alpha value is -1.22. The van der Waals surface area contributed by atoms with E-state index in [4.69, 9.17) is 4.74 Å². The molecular weight excluding hydrogens is 232 g/mol. The maximum atomic E-state index is 11.5. The Morgan fingerprint density at radius 2 is 1.94 bits per heavy atom. The molecule has 0 saturated carbocycles. The van der Waals surface area contributed by atoms with Gasteiger partial charge in [0.05, 0.1) is 0 Å². The van der Waals surface area contributed by atoms with E-state index in [1.54, 1.807) is 6.08 Å². The fraction of sp³-hybridized carbons (Fsp3) is 0.357. The van der Waals surface area contributed by atoms with E-state index < -0.39 is 5.60 Å². The van der Waals surface area contributed by atoms with Crippen LogP contribution in [0.2, 0.25) is 0 Å². The van der Waals surface area contributed by atoms with Crippen LogP contribution in [0.25, 0.3) is 6.08 Å². The predicted octanol–water partition coefficient (Wildman–Crippen LogP) is 4.50. The molecule has 0 amide bonds. The quantitative estimate of drug-likeness (QED) is 0.739. The molecule has 3 heteroatoms. The lowest BCUT2D eigenvalue weighted by atomic mass is 10.1. The number of hydrogen-bond donors (Lipinski definition) is 0. The van der Waals surface area contributed by atoms with Crippen molar-refractivity contribution in [2.45, 2.75) is 32.1 Å². The van der Waals surface area contributed by atoms with E-state index in [1.165, 1.54) is 11.8 Å². The molecule has 0 spiro atoms. The van der Waals surface area contributed by atoms with E-state index in [1.807, 2.05) is 45.0 Å². The third kappa shape index (κ3) is 5.59. The van der Waals surface area contributed by atoms with E-state index in [-0.39, 0.29) is 5.30 Å². The average Bonchev–Trinajstić information content (AvgIpc) is 2.25. The van der Waals surface area contributed by atoms with Crippen molar-refractivity contribution in [2.24, 2.45) is 0 Å². The van der Waals surface area contributed by atoms with Crippen molar-refractivity contribution in [3.05, 3.63) is 42.0 Å². The van der Waals surface area contributed by atoms with Gasteiger partial charge in [0, 0.05) is 5.75 Å². The van der Waals surface area contributed by atoms with Crippen LogP contribution in [0.4, 0.5) is 4.79 Å². The number of benzene rings is 1. The van der Waals surface area contributed by atoms with Gasteiger partial charge in [-0.05, 0) is 43.7 Å². The van der Waals surface area contributed by atoms with E-state index in [0.29, 0.717) is 5.75 Å². The Bertz CT molecular complexity index is 388. The number of ether oxygens (including phenoxy) is 1. The van der Waals surface area contributed by atoms with E-state index in [0.717, 1.165) is 11.1 Å². The molecule has 0 aliphatic carbocycles. The van der Waals surface area contributed by atoms with Crippen molar-refractivity contribution in [3.8, 4) is 0 Å². The van der Waals surface area contributed by atoms with Crippen LogP contribution in [-0.4, -0.2) is 10.9 Å². The molecule has 0 saturated heterocycles. The molecule has 0 fully saturated rings. The first-order valence-corrected chi connectivity index (χ1v) is 6.46.